The molecule has 3 heteroatoms. The van der Waals surface area contributed by atoms with Crippen LogP contribution in [-0.4, -0.2) is 5.78 Å². The monoisotopic (exact) mass is 287 g/mol. The van der Waals surface area contributed by atoms with Crippen LogP contribution < -0.4 is 5.73 Å². The molecule has 2 N–H and O–H groups in total. The second-order valence-corrected chi connectivity index (χ2v) is 5.55. The summed E-state index contributed by atoms with van der Waals surface area (Å²) >= 11 is 5.83. The van der Waals surface area contributed by atoms with Gasteiger partial charge in [0.05, 0.1) is 0 Å². The summed E-state index contributed by atoms with van der Waals surface area (Å²) in [6, 6.07) is 15.1. The summed E-state index contributed by atoms with van der Waals surface area (Å²) in [7, 11) is 0. The summed E-state index contributed by atoms with van der Waals surface area (Å²) in [6.45, 7) is 2.06. The van der Waals surface area contributed by atoms with Crippen LogP contribution in [-0.2, 0) is 11.2 Å². The van der Waals surface area contributed by atoms with Gasteiger partial charge in [0.2, 0.25) is 0 Å². The third-order valence-electron chi connectivity index (χ3n) is 3.35. The first-order valence-electron chi connectivity index (χ1n) is 6.66. The Morgan fingerprint density at radius 1 is 1.10 bits per heavy atom. The zero-order valence-corrected chi connectivity index (χ0v) is 12.2. The van der Waals surface area contributed by atoms with Crippen molar-refractivity contribution < 1.29 is 4.79 Å². The van der Waals surface area contributed by atoms with Gasteiger partial charge in [0.1, 0.15) is 5.78 Å². The Bertz CT molecular complexity index is 575. The zero-order chi connectivity index (χ0) is 14.5. The van der Waals surface area contributed by atoms with Gasteiger partial charge in [0.25, 0.3) is 0 Å². The van der Waals surface area contributed by atoms with Crippen LogP contribution in [0.3, 0.4) is 0 Å². The lowest BCUT2D eigenvalue weighted by molar-refractivity contribution is -0.118. The predicted molar refractivity (Wildman–Crippen MR) is 84.0 cm³/mol. The number of nitrogen functional groups attached to an aromatic ring is 1. The van der Waals surface area contributed by atoms with E-state index >= 15 is 0 Å². The molecule has 2 aromatic carbocycles. The molecule has 20 heavy (non-hydrogen) atoms. The molecule has 1 atom stereocenters. The number of Topliss-reactive ketones (excluding diaryl/α,β-unsaturated/α-hetero) is 1. The van der Waals surface area contributed by atoms with Crippen LogP contribution in [0.25, 0.3) is 0 Å². The highest BCUT2D eigenvalue weighted by Gasteiger charge is 2.11. The van der Waals surface area contributed by atoms with E-state index in [2.05, 4.69) is 6.92 Å². The van der Waals surface area contributed by atoms with E-state index in [-0.39, 0.29) is 11.7 Å². The van der Waals surface area contributed by atoms with Gasteiger partial charge >= 0.3 is 0 Å². The Balaban J connectivity index is 1.93. The summed E-state index contributed by atoms with van der Waals surface area (Å²) < 4.78 is 0. The number of rotatable bonds is 5. The number of nitrogens with two attached hydrogens (primary N) is 1. The third-order valence-corrected chi connectivity index (χ3v) is 3.61. The third kappa shape index (κ3) is 4.10. The lowest BCUT2D eigenvalue weighted by Gasteiger charge is -2.11. The molecule has 0 saturated heterocycles. The van der Waals surface area contributed by atoms with Crippen molar-refractivity contribution in [2.45, 2.75) is 25.7 Å². The minimum Gasteiger partial charge on any atom is -0.399 e. The summed E-state index contributed by atoms with van der Waals surface area (Å²) in [5.74, 6) is 0.437. The number of halogens is 1. The van der Waals surface area contributed by atoms with Crippen LogP contribution in [0.5, 0.6) is 0 Å². The number of hydrogen-bond donors (Lipinski definition) is 1. The molecule has 2 nitrogen and oxygen atoms in total. The smallest absolute Gasteiger partial charge is 0.137 e. The predicted octanol–water partition coefficient (Wildman–Crippen LogP) is 4.23. The Kier molecular flexibility index (Phi) is 4.80. The van der Waals surface area contributed by atoms with E-state index in [1.54, 1.807) is 0 Å². The van der Waals surface area contributed by atoms with Crippen LogP contribution in [0, 0.1) is 0 Å². The van der Waals surface area contributed by atoms with Crippen molar-refractivity contribution in [3.05, 3.63) is 64.7 Å². The van der Waals surface area contributed by atoms with Gasteiger partial charge in [-0.25, -0.2) is 0 Å². The van der Waals surface area contributed by atoms with Crippen molar-refractivity contribution in [3.63, 3.8) is 0 Å². The van der Waals surface area contributed by atoms with Gasteiger partial charge < -0.3 is 5.73 Å². The Labute approximate surface area is 124 Å². The molecule has 2 rings (SSSR count). The standard InChI is InChI=1S/C17H18ClNO/c1-12(14-4-8-16(19)9-5-14)10-17(20)11-13-2-6-15(18)7-3-13/h2-9,12H,10-11,19H2,1H3. The van der Waals surface area contributed by atoms with E-state index in [4.69, 9.17) is 17.3 Å². The lowest BCUT2D eigenvalue weighted by atomic mass is 9.93. The van der Waals surface area contributed by atoms with Crippen LogP contribution in [0.1, 0.15) is 30.4 Å². The number of carbonyl (C=O) groups is 1. The van der Waals surface area contributed by atoms with E-state index in [0.717, 1.165) is 16.8 Å². The van der Waals surface area contributed by atoms with Crippen LogP contribution in [0.15, 0.2) is 48.5 Å². The van der Waals surface area contributed by atoms with Crippen LogP contribution >= 0.6 is 11.6 Å². The van der Waals surface area contributed by atoms with Crippen LogP contribution in [0.2, 0.25) is 5.02 Å². The number of benzene rings is 2. The fourth-order valence-corrected chi connectivity index (χ4v) is 2.31. The highest BCUT2D eigenvalue weighted by Crippen LogP contribution is 2.21. The summed E-state index contributed by atoms with van der Waals surface area (Å²) in [6.07, 6.45) is 0.989. The summed E-state index contributed by atoms with van der Waals surface area (Å²) in [5.41, 5.74) is 8.55. The van der Waals surface area contributed by atoms with Gasteiger partial charge in [-0.15, -0.1) is 0 Å². The molecule has 0 aliphatic carbocycles. The SMILES string of the molecule is CC(CC(=O)Cc1ccc(Cl)cc1)c1ccc(N)cc1. The first-order valence-corrected chi connectivity index (χ1v) is 7.04. The Hall–Kier alpha value is -1.80. The van der Waals surface area contributed by atoms with Crippen molar-refractivity contribution in [1.29, 1.82) is 0 Å². The Morgan fingerprint density at radius 3 is 2.30 bits per heavy atom. The molecule has 1 unspecified atom stereocenters. The largest absolute Gasteiger partial charge is 0.399 e. The van der Waals surface area contributed by atoms with Gasteiger partial charge in [0, 0.05) is 23.6 Å². The Morgan fingerprint density at radius 2 is 1.70 bits per heavy atom. The summed E-state index contributed by atoms with van der Waals surface area (Å²) in [5, 5.41) is 0.691. The molecular weight excluding hydrogens is 270 g/mol. The van der Waals surface area contributed by atoms with Crippen molar-refractivity contribution >= 4 is 23.1 Å². The number of anilines is 1. The van der Waals surface area contributed by atoms with Gasteiger partial charge in [-0.05, 0) is 41.3 Å². The van der Waals surface area contributed by atoms with E-state index in [9.17, 15) is 4.79 Å². The molecule has 0 aromatic heterocycles. The second-order valence-electron chi connectivity index (χ2n) is 5.11. The summed E-state index contributed by atoms with van der Waals surface area (Å²) in [4.78, 5) is 12.1. The van der Waals surface area contributed by atoms with Gasteiger partial charge in [-0.2, -0.15) is 0 Å². The molecule has 0 saturated carbocycles. The first-order chi connectivity index (χ1) is 9.54. The molecule has 0 heterocycles. The van der Waals surface area contributed by atoms with Crippen molar-refractivity contribution in [2.24, 2.45) is 0 Å². The van der Waals surface area contributed by atoms with Gasteiger partial charge in [-0.3, -0.25) is 4.79 Å². The minimum atomic E-state index is 0.204. The van der Waals surface area contributed by atoms with Gasteiger partial charge in [0.15, 0.2) is 0 Å². The van der Waals surface area contributed by atoms with E-state index < -0.39 is 0 Å². The highest BCUT2D eigenvalue weighted by atomic mass is 35.5. The molecule has 0 amide bonds. The maximum absolute atomic E-state index is 12.1. The molecule has 0 aliphatic rings. The molecule has 104 valence electrons. The average molecular weight is 288 g/mol. The van der Waals surface area contributed by atoms with E-state index in [1.807, 2.05) is 48.5 Å². The van der Waals surface area contributed by atoms with E-state index in [1.165, 1.54) is 0 Å². The molecule has 0 bridgehead atoms. The average Bonchev–Trinajstić information content (AvgIpc) is 2.42. The maximum Gasteiger partial charge on any atom is 0.137 e. The fraction of sp³-hybridized carbons (Fsp3) is 0.235. The highest BCUT2D eigenvalue weighted by molar-refractivity contribution is 6.30. The number of hydrogen-bond acceptors (Lipinski definition) is 2. The van der Waals surface area contributed by atoms with Crippen LogP contribution in [0.4, 0.5) is 5.69 Å². The van der Waals surface area contributed by atoms with Crippen molar-refractivity contribution in [1.82, 2.24) is 0 Å². The lowest BCUT2D eigenvalue weighted by Crippen LogP contribution is -2.07. The fourth-order valence-electron chi connectivity index (χ4n) is 2.19. The maximum atomic E-state index is 12.1. The number of carbonyl (C=O) groups excluding carboxylic acids is 1. The van der Waals surface area contributed by atoms with Gasteiger partial charge in [-0.1, -0.05) is 42.8 Å². The number of ketones is 1. The van der Waals surface area contributed by atoms with Crippen molar-refractivity contribution in [2.75, 3.05) is 5.73 Å². The molecular formula is C17H18ClNO. The quantitative estimate of drug-likeness (QED) is 0.836. The topological polar surface area (TPSA) is 43.1 Å². The molecule has 2 aromatic rings. The minimum absolute atomic E-state index is 0.204. The second kappa shape index (κ2) is 6.58. The normalized spacial score (nSPS) is 12.1. The molecule has 0 spiro atoms. The van der Waals surface area contributed by atoms with Crippen molar-refractivity contribution in [3.8, 4) is 0 Å². The zero-order valence-electron chi connectivity index (χ0n) is 11.5. The molecule has 0 fully saturated rings. The first kappa shape index (κ1) is 14.6. The molecule has 0 aliphatic heterocycles. The molecule has 0 radical (unpaired) electrons. The van der Waals surface area contributed by atoms with E-state index in [0.29, 0.717) is 17.9 Å².